The van der Waals surface area contributed by atoms with Gasteiger partial charge in [0.1, 0.15) is 6.04 Å². The zero-order chi connectivity index (χ0) is 27.6. The predicted molar refractivity (Wildman–Crippen MR) is 154 cm³/mol. The molecule has 0 aliphatic carbocycles. The number of para-hydroxylation sites is 2. The number of amides is 1. The molecule has 2 N–H and O–H groups in total. The Hall–Kier alpha value is -4.46. The summed E-state index contributed by atoms with van der Waals surface area (Å²) in [5.41, 5.74) is 3.80. The largest absolute Gasteiger partial charge is 0.480 e. The first-order valence-electron chi connectivity index (χ1n) is 13.6. The lowest BCUT2D eigenvalue weighted by Gasteiger charge is -2.49. The maximum absolute atomic E-state index is 14.1. The second kappa shape index (κ2) is 11.0. The van der Waals surface area contributed by atoms with Crippen LogP contribution in [0.1, 0.15) is 23.2 Å². The van der Waals surface area contributed by atoms with E-state index in [2.05, 4.69) is 0 Å². The summed E-state index contributed by atoms with van der Waals surface area (Å²) in [7, 11) is 0. The van der Waals surface area contributed by atoms with Gasteiger partial charge in [-0.2, -0.15) is 0 Å². The Morgan fingerprint density at radius 2 is 1.30 bits per heavy atom. The third-order valence-corrected chi connectivity index (χ3v) is 8.02. The molecule has 2 fully saturated rings. The fraction of sp³-hybridized carbons (Fsp3) is 0.212. The zero-order valence-corrected chi connectivity index (χ0v) is 22.0. The number of aliphatic carboxylic acids is 1. The van der Waals surface area contributed by atoms with Gasteiger partial charge < -0.3 is 20.0 Å². The van der Waals surface area contributed by atoms with E-state index in [1.165, 1.54) is 0 Å². The van der Waals surface area contributed by atoms with Crippen molar-refractivity contribution >= 4 is 23.3 Å². The standard InChI is InChI=1S/C33H31N3O4/c37-31(28-19-11-10-18-27(28)23-12-4-1-5-13-23)36-26-20-21-29(36)30(32(38)39)34(22-26)33(40)35(24-14-6-2-7-15-24)25-16-8-3-9-17-25/h1-19,26,29-30,33,40H,20-22H2,(H,38,39)/t26-,29+,30-,33?/m0/s1. The molecule has 2 bridgehead atoms. The highest BCUT2D eigenvalue weighted by molar-refractivity contribution is 6.01. The van der Waals surface area contributed by atoms with E-state index in [9.17, 15) is 19.8 Å². The van der Waals surface area contributed by atoms with Crippen molar-refractivity contribution in [3.63, 3.8) is 0 Å². The highest BCUT2D eigenvalue weighted by atomic mass is 16.4. The van der Waals surface area contributed by atoms with Crippen molar-refractivity contribution in [3.05, 3.63) is 121 Å². The molecule has 4 atom stereocenters. The topological polar surface area (TPSA) is 84.3 Å². The normalized spacial score (nSPS) is 21.1. The van der Waals surface area contributed by atoms with E-state index in [0.717, 1.165) is 22.5 Å². The fourth-order valence-corrected chi connectivity index (χ4v) is 6.26. The van der Waals surface area contributed by atoms with Gasteiger partial charge in [0.15, 0.2) is 6.35 Å². The number of benzene rings is 4. The Morgan fingerprint density at radius 3 is 1.90 bits per heavy atom. The molecule has 2 heterocycles. The Morgan fingerprint density at radius 1 is 0.750 bits per heavy atom. The maximum Gasteiger partial charge on any atom is 0.323 e. The number of carboxylic acids is 1. The lowest BCUT2D eigenvalue weighted by atomic mass is 9.96. The van der Waals surface area contributed by atoms with E-state index < -0.39 is 24.4 Å². The summed E-state index contributed by atoms with van der Waals surface area (Å²) in [6, 6.07) is 34.3. The number of anilines is 2. The fourth-order valence-electron chi connectivity index (χ4n) is 6.26. The molecule has 4 aromatic carbocycles. The molecule has 7 nitrogen and oxygen atoms in total. The van der Waals surface area contributed by atoms with Crippen molar-refractivity contribution in [1.29, 1.82) is 0 Å². The molecule has 1 unspecified atom stereocenters. The minimum absolute atomic E-state index is 0.171. The first kappa shape index (κ1) is 25.8. The van der Waals surface area contributed by atoms with E-state index in [1.807, 2.05) is 115 Å². The van der Waals surface area contributed by atoms with Crippen LogP contribution in [-0.4, -0.2) is 62.9 Å². The van der Waals surface area contributed by atoms with Gasteiger partial charge in [-0.05, 0) is 54.3 Å². The average Bonchev–Trinajstić information content (AvgIpc) is 3.30. The number of fused-ring (bicyclic) bond motifs is 2. The highest BCUT2D eigenvalue weighted by Gasteiger charge is 2.53. The molecular weight excluding hydrogens is 502 g/mol. The van der Waals surface area contributed by atoms with E-state index in [1.54, 1.807) is 14.7 Å². The number of carbonyl (C=O) groups is 2. The molecule has 0 spiro atoms. The molecule has 7 heteroatoms. The number of rotatable bonds is 7. The summed E-state index contributed by atoms with van der Waals surface area (Å²) in [5, 5.41) is 22.3. The van der Waals surface area contributed by atoms with E-state index >= 15 is 0 Å². The summed E-state index contributed by atoms with van der Waals surface area (Å²) in [4.78, 5) is 32.1. The van der Waals surface area contributed by atoms with Crippen LogP contribution < -0.4 is 4.90 Å². The quantitative estimate of drug-likeness (QED) is 0.318. The molecule has 2 aliphatic heterocycles. The van der Waals surface area contributed by atoms with Gasteiger partial charge in [-0.1, -0.05) is 84.9 Å². The van der Waals surface area contributed by atoms with Crippen LogP contribution in [0.5, 0.6) is 0 Å². The van der Waals surface area contributed by atoms with Crippen LogP contribution in [0.2, 0.25) is 0 Å². The first-order chi connectivity index (χ1) is 19.5. The van der Waals surface area contributed by atoms with E-state index in [0.29, 0.717) is 18.4 Å². The number of carboxylic acid groups (broad SMARTS) is 1. The lowest BCUT2D eigenvalue weighted by molar-refractivity contribution is -0.156. The van der Waals surface area contributed by atoms with Gasteiger partial charge in [0.05, 0.1) is 6.04 Å². The minimum Gasteiger partial charge on any atom is -0.480 e. The number of likely N-dealkylation sites (tertiary alicyclic amines) is 1. The molecule has 40 heavy (non-hydrogen) atoms. The van der Waals surface area contributed by atoms with Gasteiger partial charge in [0.25, 0.3) is 5.91 Å². The van der Waals surface area contributed by atoms with Crippen molar-refractivity contribution < 1.29 is 19.8 Å². The molecule has 1 amide bonds. The van der Waals surface area contributed by atoms with Crippen LogP contribution in [0.25, 0.3) is 11.1 Å². The van der Waals surface area contributed by atoms with Gasteiger partial charge in [-0.25, -0.2) is 4.90 Å². The van der Waals surface area contributed by atoms with Crippen molar-refractivity contribution in [3.8, 4) is 11.1 Å². The summed E-state index contributed by atoms with van der Waals surface area (Å²) >= 11 is 0. The summed E-state index contributed by atoms with van der Waals surface area (Å²) in [5.74, 6) is -1.23. The van der Waals surface area contributed by atoms with Gasteiger partial charge in [-0.15, -0.1) is 0 Å². The molecule has 2 aliphatic rings. The maximum atomic E-state index is 14.1. The number of piperazine rings is 1. The predicted octanol–water partition coefficient (Wildman–Crippen LogP) is 5.21. The second-order valence-corrected chi connectivity index (χ2v) is 10.3. The number of aliphatic hydroxyl groups is 1. The van der Waals surface area contributed by atoms with E-state index in [-0.39, 0.29) is 18.5 Å². The van der Waals surface area contributed by atoms with Gasteiger partial charge in [0.2, 0.25) is 0 Å². The first-order valence-corrected chi connectivity index (χ1v) is 13.6. The highest BCUT2D eigenvalue weighted by Crippen LogP contribution is 2.39. The summed E-state index contributed by atoms with van der Waals surface area (Å²) in [6.45, 7) is 0.240. The van der Waals surface area contributed by atoms with Crippen molar-refractivity contribution in [2.45, 2.75) is 37.3 Å². The summed E-state index contributed by atoms with van der Waals surface area (Å²) in [6.07, 6.45) is -0.0168. The number of aliphatic hydroxyl groups excluding tert-OH is 1. The van der Waals surface area contributed by atoms with E-state index in [4.69, 9.17) is 0 Å². The molecule has 2 saturated heterocycles. The van der Waals surface area contributed by atoms with Crippen LogP contribution in [0.15, 0.2) is 115 Å². The third-order valence-electron chi connectivity index (χ3n) is 8.02. The molecule has 0 radical (unpaired) electrons. The van der Waals surface area contributed by atoms with Crippen molar-refractivity contribution in [2.75, 3.05) is 11.4 Å². The number of nitrogens with zero attached hydrogens (tertiary/aromatic N) is 3. The lowest BCUT2D eigenvalue weighted by Crippen LogP contribution is -2.67. The summed E-state index contributed by atoms with van der Waals surface area (Å²) < 4.78 is 0. The molecule has 6 rings (SSSR count). The number of carbonyl (C=O) groups excluding carboxylic acids is 1. The van der Waals surface area contributed by atoms with Crippen LogP contribution in [0, 0.1) is 0 Å². The molecule has 4 aromatic rings. The zero-order valence-electron chi connectivity index (χ0n) is 22.0. The SMILES string of the molecule is O=C(O)[C@@H]1[C@H]2CC[C@@H](CN1C(O)N(c1ccccc1)c1ccccc1)N2C(=O)c1ccccc1-c1ccccc1. The molecular formula is C33H31N3O4. The molecule has 0 saturated carbocycles. The Balaban J connectivity index is 1.35. The Bertz CT molecular complexity index is 1440. The third kappa shape index (κ3) is 4.63. The van der Waals surface area contributed by atoms with Crippen LogP contribution in [0.3, 0.4) is 0 Å². The van der Waals surface area contributed by atoms with Crippen LogP contribution in [-0.2, 0) is 4.79 Å². The van der Waals surface area contributed by atoms with Gasteiger partial charge in [-0.3, -0.25) is 9.59 Å². The minimum atomic E-state index is -1.25. The monoisotopic (exact) mass is 533 g/mol. The van der Waals surface area contributed by atoms with Crippen molar-refractivity contribution in [2.24, 2.45) is 0 Å². The van der Waals surface area contributed by atoms with Crippen LogP contribution in [0.4, 0.5) is 11.4 Å². The molecule has 202 valence electrons. The Kier molecular flexibility index (Phi) is 7.07. The number of hydrogen-bond acceptors (Lipinski definition) is 5. The van der Waals surface area contributed by atoms with Gasteiger partial charge >= 0.3 is 5.97 Å². The second-order valence-electron chi connectivity index (χ2n) is 10.3. The average molecular weight is 534 g/mol. The smallest absolute Gasteiger partial charge is 0.323 e. The van der Waals surface area contributed by atoms with Crippen molar-refractivity contribution in [1.82, 2.24) is 9.80 Å². The van der Waals surface area contributed by atoms with Gasteiger partial charge in [0, 0.05) is 29.5 Å². The number of hydrogen-bond donors (Lipinski definition) is 2. The Labute approximate surface area is 233 Å². The van der Waals surface area contributed by atoms with Crippen LogP contribution >= 0.6 is 0 Å². The molecule has 0 aromatic heterocycles.